The number of ether oxygens (including phenoxy) is 1. The number of aromatic nitrogens is 2. The van der Waals surface area contributed by atoms with Crippen molar-refractivity contribution in [2.24, 2.45) is 5.92 Å². The first kappa shape index (κ1) is 14.6. The summed E-state index contributed by atoms with van der Waals surface area (Å²) in [5.41, 5.74) is 2.76. The van der Waals surface area contributed by atoms with E-state index in [1.807, 2.05) is 38.1 Å². The molecule has 3 N–H and O–H groups in total. The van der Waals surface area contributed by atoms with E-state index in [1.54, 1.807) is 0 Å². The molecule has 0 bridgehead atoms. The molecule has 0 spiro atoms. The molecule has 0 saturated carbocycles. The van der Waals surface area contributed by atoms with Gasteiger partial charge in [-0.25, -0.2) is 0 Å². The van der Waals surface area contributed by atoms with Crippen molar-refractivity contribution in [2.75, 3.05) is 6.61 Å². The Balaban J connectivity index is 1.90. The predicted octanol–water partition coefficient (Wildman–Crippen LogP) is 1.72. The predicted molar refractivity (Wildman–Crippen MR) is 81.5 cm³/mol. The Morgan fingerprint density at radius 1 is 1.45 bits per heavy atom. The fourth-order valence-electron chi connectivity index (χ4n) is 2.52. The number of hydrogen-bond donors (Lipinski definition) is 3. The monoisotopic (exact) mass is 301 g/mol. The minimum Gasteiger partial charge on any atom is -0.488 e. The van der Waals surface area contributed by atoms with E-state index in [4.69, 9.17) is 4.74 Å². The summed E-state index contributed by atoms with van der Waals surface area (Å²) in [6, 6.07) is 7.32. The van der Waals surface area contributed by atoms with E-state index in [1.165, 1.54) is 0 Å². The van der Waals surface area contributed by atoms with E-state index < -0.39 is 0 Å². The van der Waals surface area contributed by atoms with Crippen LogP contribution in [0.2, 0.25) is 0 Å². The van der Waals surface area contributed by atoms with Gasteiger partial charge in [0.1, 0.15) is 23.7 Å². The second-order valence-corrected chi connectivity index (χ2v) is 5.72. The Morgan fingerprint density at radius 3 is 2.95 bits per heavy atom. The first-order valence-electron chi connectivity index (χ1n) is 7.33. The quantitative estimate of drug-likeness (QED) is 0.802. The SMILES string of the molecule is CC(C)[C@H](CO)NC(=O)c1[nH]nc2c1COc1ccccc1-2. The molecule has 1 atom stereocenters. The van der Waals surface area contributed by atoms with Gasteiger partial charge in [-0.1, -0.05) is 26.0 Å². The van der Waals surface area contributed by atoms with Crippen LogP contribution in [0.4, 0.5) is 0 Å². The molecule has 1 aliphatic heterocycles. The van der Waals surface area contributed by atoms with E-state index in [0.29, 0.717) is 12.3 Å². The molecule has 22 heavy (non-hydrogen) atoms. The van der Waals surface area contributed by atoms with Gasteiger partial charge in [0.15, 0.2) is 0 Å². The lowest BCUT2D eigenvalue weighted by Crippen LogP contribution is -2.41. The Morgan fingerprint density at radius 2 is 2.23 bits per heavy atom. The molecule has 0 saturated heterocycles. The summed E-state index contributed by atoms with van der Waals surface area (Å²) in [6.45, 7) is 4.10. The lowest BCUT2D eigenvalue weighted by Gasteiger charge is -2.20. The molecule has 0 aliphatic carbocycles. The molecule has 2 aromatic rings. The van der Waals surface area contributed by atoms with E-state index in [-0.39, 0.29) is 24.5 Å². The minimum absolute atomic E-state index is 0.0981. The molecule has 0 unspecified atom stereocenters. The van der Waals surface area contributed by atoms with Crippen molar-refractivity contribution in [2.45, 2.75) is 26.5 Å². The van der Waals surface area contributed by atoms with Gasteiger partial charge >= 0.3 is 0 Å². The number of rotatable bonds is 4. The van der Waals surface area contributed by atoms with Gasteiger partial charge in [-0.3, -0.25) is 9.89 Å². The molecule has 1 aromatic carbocycles. The van der Waals surface area contributed by atoms with Crippen LogP contribution < -0.4 is 10.1 Å². The molecule has 116 valence electrons. The van der Waals surface area contributed by atoms with Crippen LogP contribution in [0.25, 0.3) is 11.3 Å². The highest BCUT2D eigenvalue weighted by Crippen LogP contribution is 2.36. The van der Waals surface area contributed by atoms with Crippen LogP contribution in [0.15, 0.2) is 24.3 Å². The number of aliphatic hydroxyl groups is 1. The molecule has 6 heteroatoms. The topological polar surface area (TPSA) is 87.2 Å². The Kier molecular flexibility index (Phi) is 3.85. The highest BCUT2D eigenvalue weighted by Gasteiger charge is 2.27. The molecular formula is C16H19N3O3. The maximum absolute atomic E-state index is 12.4. The smallest absolute Gasteiger partial charge is 0.270 e. The highest BCUT2D eigenvalue weighted by atomic mass is 16.5. The number of H-pyrrole nitrogens is 1. The van der Waals surface area contributed by atoms with Crippen LogP contribution in [0.1, 0.15) is 29.9 Å². The Hall–Kier alpha value is -2.34. The lowest BCUT2D eigenvalue weighted by atomic mass is 10.0. The summed E-state index contributed by atoms with van der Waals surface area (Å²) in [4.78, 5) is 12.4. The second-order valence-electron chi connectivity index (χ2n) is 5.72. The maximum Gasteiger partial charge on any atom is 0.270 e. The number of nitrogens with zero attached hydrogens (tertiary/aromatic N) is 1. The summed E-state index contributed by atoms with van der Waals surface area (Å²) in [7, 11) is 0. The third kappa shape index (κ3) is 2.46. The van der Waals surface area contributed by atoms with Crippen molar-refractivity contribution in [3.8, 4) is 17.0 Å². The number of para-hydroxylation sites is 1. The van der Waals surface area contributed by atoms with Crippen molar-refractivity contribution in [1.82, 2.24) is 15.5 Å². The zero-order valence-corrected chi connectivity index (χ0v) is 12.6. The third-order valence-corrected chi connectivity index (χ3v) is 3.93. The summed E-state index contributed by atoms with van der Waals surface area (Å²) in [6.07, 6.45) is 0. The van der Waals surface area contributed by atoms with Crippen LogP contribution in [0, 0.1) is 5.92 Å². The number of fused-ring (bicyclic) bond motifs is 3. The molecule has 0 fully saturated rings. The van der Waals surface area contributed by atoms with Crippen LogP contribution in [0.5, 0.6) is 5.75 Å². The van der Waals surface area contributed by atoms with Gasteiger partial charge in [0.05, 0.1) is 12.6 Å². The van der Waals surface area contributed by atoms with Gasteiger partial charge in [0, 0.05) is 11.1 Å². The van der Waals surface area contributed by atoms with Crippen molar-refractivity contribution in [3.63, 3.8) is 0 Å². The number of aliphatic hydroxyl groups excluding tert-OH is 1. The molecule has 1 amide bonds. The zero-order chi connectivity index (χ0) is 15.7. The van der Waals surface area contributed by atoms with Crippen molar-refractivity contribution in [3.05, 3.63) is 35.5 Å². The van der Waals surface area contributed by atoms with Crippen LogP contribution in [-0.2, 0) is 6.61 Å². The van der Waals surface area contributed by atoms with Crippen molar-refractivity contribution in [1.29, 1.82) is 0 Å². The molecule has 0 radical (unpaired) electrons. The number of hydrogen-bond acceptors (Lipinski definition) is 4. The fraction of sp³-hybridized carbons (Fsp3) is 0.375. The van der Waals surface area contributed by atoms with E-state index in [9.17, 15) is 9.90 Å². The van der Waals surface area contributed by atoms with Crippen molar-refractivity contribution >= 4 is 5.91 Å². The molecule has 2 heterocycles. The van der Waals surface area contributed by atoms with E-state index >= 15 is 0 Å². The molecule has 3 rings (SSSR count). The van der Waals surface area contributed by atoms with Crippen LogP contribution in [-0.4, -0.2) is 33.9 Å². The van der Waals surface area contributed by atoms with Gasteiger partial charge < -0.3 is 15.2 Å². The summed E-state index contributed by atoms with van der Waals surface area (Å²) in [5, 5.41) is 19.2. The van der Waals surface area contributed by atoms with Gasteiger partial charge in [0.2, 0.25) is 0 Å². The summed E-state index contributed by atoms with van der Waals surface area (Å²) in [5.74, 6) is 0.637. The van der Waals surface area contributed by atoms with Crippen molar-refractivity contribution < 1.29 is 14.6 Å². The van der Waals surface area contributed by atoms with Crippen LogP contribution >= 0.6 is 0 Å². The molecule has 1 aliphatic rings. The van der Waals surface area contributed by atoms with Crippen LogP contribution in [0.3, 0.4) is 0 Å². The average molecular weight is 301 g/mol. The number of aromatic amines is 1. The summed E-state index contributed by atoms with van der Waals surface area (Å²) < 4.78 is 5.69. The number of nitrogens with one attached hydrogen (secondary N) is 2. The van der Waals surface area contributed by atoms with Gasteiger partial charge in [-0.15, -0.1) is 0 Å². The Bertz CT molecular complexity index is 694. The molecular weight excluding hydrogens is 282 g/mol. The highest BCUT2D eigenvalue weighted by molar-refractivity contribution is 5.96. The summed E-state index contributed by atoms with van der Waals surface area (Å²) >= 11 is 0. The fourth-order valence-corrected chi connectivity index (χ4v) is 2.52. The zero-order valence-electron chi connectivity index (χ0n) is 12.6. The molecule has 1 aromatic heterocycles. The number of carbonyl (C=O) groups is 1. The van der Waals surface area contributed by atoms with Gasteiger partial charge in [0.25, 0.3) is 5.91 Å². The number of amides is 1. The molecule has 6 nitrogen and oxygen atoms in total. The Labute approximate surface area is 128 Å². The second kappa shape index (κ2) is 5.81. The first-order chi connectivity index (χ1) is 10.6. The first-order valence-corrected chi connectivity index (χ1v) is 7.33. The van der Waals surface area contributed by atoms with E-state index in [2.05, 4.69) is 15.5 Å². The average Bonchev–Trinajstić information content (AvgIpc) is 2.96. The minimum atomic E-state index is -0.289. The maximum atomic E-state index is 12.4. The van der Waals surface area contributed by atoms with Gasteiger partial charge in [-0.05, 0) is 18.1 Å². The van der Waals surface area contributed by atoms with E-state index in [0.717, 1.165) is 22.6 Å². The standard InChI is InChI=1S/C16H19N3O3/c1-9(2)12(7-20)17-16(21)15-11-8-22-13-6-4-3-5-10(13)14(11)18-19-15/h3-6,9,12,20H,7-8H2,1-2H3,(H,17,21)(H,18,19)/t12-/m0/s1. The third-order valence-electron chi connectivity index (χ3n) is 3.93. The normalized spacial score (nSPS) is 14.0. The largest absolute Gasteiger partial charge is 0.488 e. The number of carbonyl (C=O) groups excluding carboxylic acids is 1. The van der Waals surface area contributed by atoms with Gasteiger partial charge in [-0.2, -0.15) is 5.10 Å². The number of benzene rings is 1. The lowest BCUT2D eigenvalue weighted by molar-refractivity contribution is 0.0889.